The molecule has 1 aromatic carbocycles. The second kappa shape index (κ2) is 5.14. The van der Waals surface area contributed by atoms with Crippen LogP contribution in [0.1, 0.15) is 11.3 Å². The predicted octanol–water partition coefficient (Wildman–Crippen LogP) is 2.35. The number of carbonyl (C=O) groups excluding carboxylic acids is 1. The van der Waals surface area contributed by atoms with Gasteiger partial charge in [0.2, 0.25) is 5.91 Å². The number of hydrogen-bond donors (Lipinski definition) is 2. The van der Waals surface area contributed by atoms with E-state index in [0.29, 0.717) is 10.8 Å². The van der Waals surface area contributed by atoms with Crippen LogP contribution >= 0.6 is 11.3 Å². The number of benzene rings is 1. The highest BCUT2D eigenvalue weighted by Gasteiger charge is 2.09. The third kappa shape index (κ3) is 3.04. The molecule has 1 aromatic heterocycles. The summed E-state index contributed by atoms with van der Waals surface area (Å²) in [6, 6.07) is 4.56. The molecular weight excluding hydrogens is 253 g/mol. The molecule has 0 aliphatic carbocycles. The first-order valence-electron chi connectivity index (χ1n) is 5.30. The lowest BCUT2D eigenvalue weighted by Gasteiger charge is -2.06. The molecule has 18 heavy (non-hydrogen) atoms. The standard InChI is InChI=1S/C12H12FN3OS/c1-7-2-3-9(13)10(4-7)16-11(17)5-8-6-18-12(14)15-8/h2-4,6H,5H2,1H3,(H2,14,15)(H,16,17). The van der Waals surface area contributed by atoms with Crippen molar-refractivity contribution in [2.75, 3.05) is 11.1 Å². The number of nitrogens with one attached hydrogen (secondary N) is 1. The summed E-state index contributed by atoms with van der Waals surface area (Å²) in [5.41, 5.74) is 7.12. The third-order valence-corrected chi connectivity index (χ3v) is 3.03. The summed E-state index contributed by atoms with van der Waals surface area (Å²) in [4.78, 5) is 15.7. The Balaban J connectivity index is 2.05. The van der Waals surface area contributed by atoms with E-state index < -0.39 is 5.82 Å². The van der Waals surface area contributed by atoms with E-state index in [4.69, 9.17) is 5.73 Å². The molecule has 0 fully saturated rings. The van der Waals surface area contributed by atoms with Crippen LogP contribution in [-0.4, -0.2) is 10.9 Å². The van der Waals surface area contributed by atoms with Crippen LogP contribution in [0.3, 0.4) is 0 Å². The van der Waals surface area contributed by atoms with Gasteiger partial charge in [-0.05, 0) is 24.6 Å². The first kappa shape index (κ1) is 12.5. The van der Waals surface area contributed by atoms with Gasteiger partial charge in [0.1, 0.15) is 5.82 Å². The van der Waals surface area contributed by atoms with Gasteiger partial charge in [-0.3, -0.25) is 4.79 Å². The molecule has 0 aliphatic heterocycles. The fourth-order valence-corrected chi connectivity index (χ4v) is 2.06. The smallest absolute Gasteiger partial charge is 0.230 e. The highest BCUT2D eigenvalue weighted by Crippen LogP contribution is 2.17. The molecule has 1 amide bonds. The van der Waals surface area contributed by atoms with E-state index in [1.807, 2.05) is 6.92 Å². The maximum Gasteiger partial charge on any atom is 0.230 e. The highest BCUT2D eigenvalue weighted by atomic mass is 32.1. The molecule has 0 atom stereocenters. The molecule has 0 radical (unpaired) electrons. The van der Waals surface area contributed by atoms with Crippen molar-refractivity contribution in [3.05, 3.63) is 40.7 Å². The van der Waals surface area contributed by atoms with Crippen molar-refractivity contribution in [3.8, 4) is 0 Å². The molecule has 0 saturated heterocycles. The zero-order valence-electron chi connectivity index (χ0n) is 9.74. The number of carbonyl (C=O) groups is 1. The summed E-state index contributed by atoms with van der Waals surface area (Å²) in [7, 11) is 0. The molecule has 0 bridgehead atoms. The van der Waals surface area contributed by atoms with Crippen LogP contribution in [0.25, 0.3) is 0 Å². The second-order valence-corrected chi connectivity index (χ2v) is 4.78. The van der Waals surface area contributed by atoms with Crippen molar-refractivity contribution in [3.63, 3.8) is 0 Å². The van der Waals surface area contributed by atoms with Crippen LogP contribution in [0.15, 0.2) is 23.6 Å². The number of amides is 1. The maximum atomic E-state index is 13.4. The summed E-state index contributed by atoms with van der Waals surface area (Å²) >= 11 is 1.27. The van der Waals surface area contributed by atoms with Crippen molar-refractivity contribution >= 4 is 28.1 Å². The van der Waals surface area contributed by atoms with Gasteiger partial charge < -0.3 is 11.1 Å². The Morgan fingerprint density at radius 1 is 1.56 bits per heavy atom. The number of hydrogen-bond acceptors (Lipinski definition) is 4. The summed E-state index contributed by atoms with van der Waals surface area (Å²) in [5.74, 6) is -0.767. The van der Waals surface area contributed by atoms with Crippen LogP contribution in [0.5, 0.6) is 0 Å². The molecule has 3 N–H and O–H groups in total. The molecular formula is C12H12FN3OS. The van der Waals surface area contributed by atoms with Gasteiger partial charge in [0.25, 0.3) is 0 Å². The minimum absolute atomic E-state index is 0.0844. The lowest BCUT2D eigenvalue weighted by atomic mass is 10.2. The van der Waals surface area contributed by atoms with Crippen LogP contribution in [0.2, 0.25) is 0 Å². The lowest BCUT2D eigenvalue weighted by molar-refractivity contribution is -0.115. The first-order valence-corrected chi connectivity index (χ1v) is 6.18. The van der Waals surface area contributed by atoms with E-state index in [-0.39, 0.29) is 18.0 Å². The quantitative estimate of drug-likeness (QED) is 0.895. The fraction of sp³-hybridized carbons (Fsp3) is 0.167. The summed E-state index contributed by atoms with van der Waals surface area (Å²) in [6.07, 6.45) is 0.0844. The highest BCUT2D eigenvalue weighted by molar-refractivity contribution is 7.13. The molecule has 0 saturated carbocycles. The van der Waals surface area contributed by atoms with E-state index in [0.717, 1.165) is 5.56 Å². The zero-order chi connectivity index (χ0) is 13.1. The van der Waals surface area contributed by atoms with Gasteiger partial charge in [0.15, 0.2) is 5.13 Å². The van der Waals surface area contributed by atoms with Gasteiger partial charge in [-0.25, -0.2) is 9.37 Å². The third-order valence-electron chi connectivity index (χ3n) is 2.31. The molecule has 0 aliphatic rings. The van der Waals surface area contributed by atoms with Crippen LogP contribution in [0, 0.1) is 12.7 Å². The van der Waals surface area contributed by atoms with Gasteiger partial charge in [0, 0.05) is 5.38 Å². The number of anilines is 2. The van der Waals surface area contributed by atoms with Gasteiger partial charge in [0.05, 0.1) is 17.8 Å². The monoisotopic (exact) mass is 265 g/mol. The first-order chi connectivity index (χ1) is 8.54. The average Bonchev–Trinajstić information content (AvgIpc) is 2.69. The Morgan fingerprint density at radius 3 is 3.00 bits per heavy atom. The molecule has 2 rings (SSSR count). The second-order valence-electron chi connectivity index (χ2n) is 3.89. The molecule has 0 unspecified atom stereocenters. The van der Waals surface area contributed by atoms with E-state index in [2.05, 4.69) is 10.3 Å². The van der Waals surface area contributed by atoms with Crippen molar-refractivity contribution in [2.24, 2.45) is 0 Å². The molecule has 94 valence electrons. The molecule has 0 spiro atoms. The summed E-state index contributed by atoms with van der Waals surface area (Å²) in [5, 5.41) is 4.64. The van der Waals surface area contributed by atoms with Crippen LogP contribution < -0.4 is 11.1 Å². The van der Waals surface area contributed by atoms with Crippen LogP contribution in [-0.2, 0) is 11.2 Å². The average molecular weight is 265 g/mol. The fourth-order valence-electron chi connectivity index (χ4n) is 1.50. The summed E-state index contributed by atoms with van der Waals surface area (Å²) < 4.78 is 13.4. The Morgan fingerprint density at radius 2 is 2.33 bits per heavy atom. The van der Waals surface area contributed by atoms with E-state index in [9.17, 15) is 9.18 Å². The van der Waals surface area contributed by atoms with Crippen molar-refractivity contribution in [1.29, 1.82) is 0 Å². The number of nitrogen functional groups attached to an aromatic ring is 1. The number of thiazole rings is 1. The largest absolute Gasteiger partial charge is 0.375 e. The number of nitrogens with zero attached hydrogens (tertiary/aromatic N) is 1. The number of aryl methyl sites for hydroxylation is 1. The Hall–Kier alpha value is -1.95. The van der Waals surface area contributed by atoms with Crippen molar-refractivity contribution in [2.45, 2.75) is 13.3 Å². The van der Waals surface area contributed by atoms with Gasteiger partial charge in [-0.2, -0.15) is 0 Å². The SMILES string of the molecule is Cc1ccc(F)c(NC(=O)Cc2csc(N)n2)c1. The van der Waals surface area contributed by atoms with Gasteiger partial charge in [-0.15, -0.1) is 11.3 Å². The van der Waals surface area contributed by atoms with Crippen molar-refractivity contribution in [1.82, 2.24) is 4.98 Å². The van der Waals surface area contributed by atoms with E-state index >= 15 is 0 Å². The molecule has 4 nitrogen and oxygen atoms in total. The summed E-state index contributed by atoms with van der Waals surface area (Å²) in [6.45, 7) is 1.83. The zero-order valence-corrected chi connectivity index (χ0v) is 10.6. The molecule has 1 heterocycles. The maximum absolute atomic E-state index is 13.4. The Bertz CT molecular complexity index is 582. The normalized spacial score (nSPS) is 10.3. The van der Waals surface area contributed by atoms with Gasteiger partial charge >= 0.3 is 0 Å². The van der Waals surface area contributed by atoms with Gasteiger partial charge in [-0.1, -0.05) is 6.07 Å². The minimum atomic E-state index is -0.452. The topological polar surface area (TPSA) is 68.0 Å². The number of halogens is 1. The predicted molar refractivity (Wildman–Crippen MR) is 70.0 cm³/mol. The number of nitrogens with two attached hydrogens (primary N) is 1. The lowest BCUT2D eigenvalue weighted by Crippen LogP contribution is -2.15. The van der Waals surface area contributed by atoms with Crippen molar-refractivity contribution < 1.29 is 9.18 Å². The Labute approximate surface area is 108 Å². The minimum Gasteiger partial charge on any atom is -0.375 e. The Kier molecular flexibility index (Phi) is 3.57. The van der Waals surface area contributed by atoms with E-state index in [1.54, 1.807) is 17.5 Å². The number of rotatable bonds is 3. The number of aromatic nitrogens is 1. The molecule has 6 heteroatoms. The molecule has 2 aromatic rings. The van der Waals surface area contributed by atoms with Crippen LogP contribution in [0.4, 0.5) is 15.2 Å². The van der Waals surface area contributed by atoms with E-state index in [1.165, 1.54) is 17.4 Å².